The molecular formula is C27H24ClFN4O4S. The van der Waals surface area contributed by atoms with Crippen molar-refractivity contribution in [2.24, 2.45) is 0 Å². The van der Waals surface area contributed by atoms with Gasteiger partial charge in [0.2, 0.25) is 21.8 Å². The molecule has 1 saturated heterocycles. The zero-order valence-electron chi connectivity index (χ0n) is 20.2. The first-order valence-electron chi connectivity index (χ1n) is 12.1. The number of hydrogen-bond acceptors (Lipinski definition) is 6. The van der Waals surface area contributed by atoms with Crippen molar-refractivity contribution in [1.82, 2.24) is 19.8 Å². The van der Waals surface area contributed by atoms with Crippen LogP contribution in [0.3, 0.4) is 0 Å². The van der Waals surface area contributed by atoms with Crippen molar-refractivity contribution in [3.05, 3.63) is 89.2 Å². The first-order valence-corrected chi connectivity index (χ1v) is 13.9. The van der Waals surface area contributed by atoms with E-state index in [1.807, 2.05) is 0 Å². The van der Waals surface area contributed by atoms with Crippen LogP contribution in [0.4, 0.5) is 4.39 Å². The zero-order valence-corrected chi connectivity index (χ0v) is 21.8. The summed E-state index contributed by atoms with van der Waals surface area (Å²) >= 11 is 5.97. The maximum atomic E-state index is 13.7. The van der Waals surface area contributed by atoms with Crippen LogP contribution in [-0.4, -0.2) is 41.4 Å². The smallest absolute Gasteiger partial charge is 0.258 e. The fraction of sp³-hybridized carbons (Fsp3) is 0.222. The van der Waals surface area contributed by atoms with Crippen LogP contribution in [-0.2, 0) is 21.4 Å². The summed E-state index contributed by atoms with van der Waals surface area (Å²) in [6.45, 7) is 0.511. The molecule has 0 aliphatic carbocycles. The van der Waals surface area contributed by atoms with Crippen LogP contribution in [0, 0.1) is 5.82 Å². The Balaban J connectivity index is 1.42. The number of benzene rings is 3. The quantitative estimate of drug-likeness (QED) is 0.342. The van der Waals surface area contributed by atoms with Gasteiger partial charge in [-0.1, -0.05) is 28.9 Å². The number of carbonyl (C=O) groups excluding carboxylic acids is 1. The summed E-state index contributed by atoms with van der Waals surface area (Å²) < 4.78 is 47.2. The molecule has 0 spiro atoms. The van der Waals surface area contributed by atoms with Gasteiger partial charge in [-0.15, -0.1) is 0 Å². The Morgan fingerprint density at radius 3 is 2.37 bits per heavy atom. The summed E-state index contributed by atoms with van der Waals surface area (Å²) in [5.74, 6) is -0.0781. The fourth-order valence-corrected chi connectivity index (χ4v) is 6.02. The molecule has 1 aliphatic heterocycles. The average molecular weight is 555 g/mol. The standard InChI is InChI=1S/C27H24ClFN4O4S/c28-21-10-14-23(15-11-21)38(35,36)33(24-3-1-2-16-30-26(24)34)17-18-4-6-20(7-5-18)27-31-25(32-37-27)19-8-12-22(29)13-9-19/h4-15,24H,1-3,16-17H2,(H,30,34)/t24-/m1/s1. The van der Waals surface area contributed by atoms with Crippen molar-refractivity contribution >= 4 is 27.5 Å². The molecule has 1 aliphatic rings. The number of hydrogen-bond donors (Lipinski definition) is 1. The van der Waals surface area contributed by atoms with Gasteiger partial charge in [0.05, 0.1) is 4.90 Å². The largest absolute Gasteiger partial charge is 0.355 e. The number of rotatable bonds is 7. The van der Waals surface area contributed by atoms with Crippen molar-refractivity contribution in [2.45, 2.75) is 36.7 Å². The van der Waals surface area contributed by atoms with Gasteiger partial charge in [-0.25, -0.2) is 12.8 Å². The van der Waals surface area contributed by atoms with Crippen molar-refractivity contribution in [3.8, 4) is 22.8 Å². The highest BCUT2D eigenvalue weighted by Gasteiger charge is 2.36. The molecule has 2 heterocycles. The van der Waals surface area contributed by atoms with Gasteiger partial charge in [-0.05, 0) is 85.5 Å². The fourth-order valence-electron chi connectivity index (χ4n) is 4.29. The molecule has 1 atom stereocenters. The number of carbonyl (C=O) groups is 1. The van der Waals surface area contributed by atoms with E-state index in [4.69, 9.17) is 16.1 Å². The Labute approximate surface area is 224 Å². The van der Waals surface area contributed by atoms with E-state index >= 15 is 0 Å². The van der Waals surface area contributed by atoms with E-state index in [-0.39, 0.29) is 29.1 Å². The zero-order chi connectivity index (χ0) is 26.7. The van der Waals surface area contributed by atoms with Gasteiger partial charge in [0.15, 0.2) is 0 Å². The molecule has 1 fully saturated rings. The molecule has 11 heteroatoms. The van der Waals surface area contributed by atoms with Crippen molar-refractivity contribution < 1.29 is 22.1 Å². The maximum absolute atomic E-state index is 13.7. The van der Waals surface area contributed by atoms with E-state index in [0.717, 1.165) is 12.8 Å². The van der Waals surface area contributed by atoms with E-state index in [0.29, 0.717) is 40.5 Å². The van der Waals surface area contributed by atoms with Crippen LogP contribution in [0.5, 0.6) is 0 Å². The third-order valence-electron chi connectivity index (χ3n) is 6.34. The molecule has 5 rings (SSSR count). The second-order valence-corrected chi connectivity index (χ2v) is 11.3. The molecule has 1 aromatic heterocycles. The summed E-state index contributed by atoms with van der Waals surface area (Å²) in [4.78, 5) is 17.3. The van der Waals surface area contributed by atoms with E-state index in [1.165, 1.54) is 40.7 Å². The monoisotopic (exact) mass is 554 g/mol. The third-order valence-corrected chi connectivity index (χ3v) is 8.46. The first kappa shape index (κ1) is 26.0. The molecule has 8 nitrogen and oxygen atoms in total. The molecular weight excluding hydrogens is 531 g/mol. The topological polar surface area (TPSA) is 105 Å². The van der Waals surface area contributed by atoms with Crippen LogP contribution < -0.4 is 5.32 Å². The highest BCUT2D eigenvalue weighted by atomic mass is 35.5. The van der Waals surface area contributed by atoms with Crippen molar-refractivity contribution in [3.63, 3.8) is 0 Å². The Bertz CT molecular complexity index is 1520. The molecule has 1 amide bonds. The molecule has 0 unspecified atom stereocenters. The lowest BCUT2D eigenvalue weighted by Crippen LogP contribution is -2.48. The SMILES string of the molecule is O=C1NCCCC[C@H]1N(Cc1ccc(-c2nc(-c3ccc(F)cc3)no2)cc1)S(=O)(=O)c1ccc(Cl)cc1. The van der Waals surface area contributed by atoms with E-state index < -0.39 is 16.1 Å². The number of sulfonamides is 1. The van der Waals surface area contributed by atoms with E-state index in [2.05, 4.69) is 15.5 Å². The second kappa shape index (κ2) is 11.0. The summed E-state index contributed by atoms with van der Waals surface area (Å²) in [7, 11) is -4.01. The van der Waals surface area contributed by atoms with Gasteiger partial charge in [0.25, 0.3) is 5.89 Å². The Morgan fingerprint density at radius 2 is 1.66 bits per heavy atom. The minimum atomic E-state index is -4.01. The number of nitrogens with one attached hydrogen (secondary N) is 1. The summed E-state index contributed by atoms with van der Waals surface area (Å²) in [5.41, 5.74) is 1.93. The first-order chi connectivity index (χ1) is 18.3. The number of halogens is 2. The Morgan fingerprint density at radius 1 is 0.974 bits per heavy atom. The lowest BCUT2D eigenvalue weighted by atomic mass is 10.1. The van der Waals surface area contributed by atoms with Gasteiger partial charge >= 0.3 is 0 Å². The summed E-state index contributed by atoms with van der Waals surface area (Å²) in [6, 6.07) is 17.8. The van der Waals surface area contributed by atoms with Crippen molar-refractivity contribution in [1.29, 1.82) is 0 Å². The molecule has 196 valence electrons. The molecule has 1 N–H and O–H groups in total. The van der Waals surface area contributed by atoms with Gasteiger partial charge in [-0.3, -0.25) is 4.79 Å². The molecule has 3 aromatic carbocycles. The highest BCUT2D eigenvalue weighted by molar-refractivity contribution is 7.89. The summed E-state index contributed by atoms with van der Waals surface area (Å²) in [6.07, 6.45) is 1.93. The Hall–Kier alpha value is -3.60. The second-order valence-electron chi connectivity index (χ2n) is 8.93. The third kappa shape index (κ3) is 5.62. The van der Waals surface area contributed by atoms with Crippen LogP contribution in [0.1, 0.15) is 24.8 Å². The van der Waals surface area contributed by atoms with E-state index in [1.54, 1.807) is 36.4 Å². The number of amides is 1. The highest BCUT2D eigenvalue weighted by Crippen LogP contribution is 2.27. The Kier molecular flexibility index (Phi) is 7.55. The molecule has 0 saturated carbocycles. The molecule has 0 bridgehead atoms. The average Bonchev–Trinajstić information content (AvgIpc) is 3.31. The normalized spacial score (nSPS) is 16.3. The van der Waals surface area contributed by atoms with Crippen LogP contribution >= 0.6 is 11.6 Å². The van der Waals surface area contributed by atoms with Crippen molar-refractivity contribution in [2.75, 3.05) is 6.54 Å². The predicted octanol–water partition coefficient (Wildman–Crippen LogP) is 5.06. The molecule has 4 aromatic rings. The van der Waals surface area contributed by atoms with Crippen LogP contribution in [0.15, 0.2) is 82.2 Å². The van der Waals surface area contributed by atoms with Gasteiger partial charge in [-0.2, -0.15) is 9.29 Å². The predicted molar refractivity (Wildman–Crippen MR) is 140 cm³/mol. The van der Waals surface area contributed by atoms with E-state index in [9.17, 15) is 17.6 Å². The lowest BCUT2D eigenvalue weighted by Gasteiger charge is -2.29. The van der Waals surface area contributed by atoms with Crippen LogP contribution in [0.25, 0.3) is 22.8 Å². The minimum Gasteiger partial charge on any atom is -0.355 e. The lowest BCUT2D eigenvalue weighted by molar-refractivity contribution is -0.124. The molecule has 0 radical (unpaired) electrons. The number of aromatic nitrogens is 2. The van der Waals surface area contributed by atoms with Crippen LogP contribution in [0.2, 0.25) is 5.02 Å². The number of nitrogens with zero attached hydrogens (tertiary/aromatic N) is 3. The van der Waals surface area contributed by atoms with Gasteiger partial charge in [0.1, 0.15) is 11.9 Å². The minimum absolute atomic E-state index is 0.00596. The van der Waals surface area contributed by atoms with Gasteiger partial charge < -0.3 is 9.84 Å². The van der Waals surface area contributed by atoms with Gasteiger partial charge in [0, 0.05) is 29.2 Å². The summed E-state index contributed by atoms with van der Waals surface area (Å²) in [5, 5.41) is 7.21. The maximum Gasteiger partial charge on any atom is 0.258 e. The molecule has 38 heavy (non-hydrogen) atoms.